The van der Waals surface area contributed by atoms with Gasteiger partial charge in [-0.25, -0.2) is 0 Å². The van der Waals surface area contributed by atoms with Gasteiger partial charge in [0.15, 0.2) is 0 Å². The Morgan fingerprint density at radius 3 is 2.79 bits per heavy atom. The van der Waals surface area contributed by atoms with Crippen molar-refractivity contribution >= 4 is 15.9 Å². The molecule has 0 aliphatic carbocycles. The first kappa shape index (κ1) is 13.6. The number of rotatable bonds is 2. The van der Waals surface area contributed by atoms with Gasteiger partial charge in [-0.1, -0.05) is 28.1 Å². The maximum atomic E-state index is 3.64. The number of nitrogens with one attached hydrogen (secondary N) is 1. The average Bonchev–Trinajstić information content (AvgIpc) is 2.78. The van der Waals surface area contributed by atoms with Gasteiger partial charge in [-0.2, -0.15) is 0 Å². The summed E-state index contributed by atoms with van der Waals surface area (Å²) in [5, 5.41) is 3.49. The summed E-state index contributed by atoms with van der Waals surface area (Å²) in [4.78, 5) is 2.64. The molecule has 2 aliphatic heterocycles. The smallest absolute Gasteiger partial charge is 0.0234 e. The van der Waals surface area contributed by atoms with Gasteiger partial charge in [0.05, 0.1) is 0 Å². The molecular formula is C16H23BrN2. The molecule has 0 radical (unpaired) electrons. The molecule has 104 valence electrons. The molecule has 0 amide bonds. The van der Waals surface area contributed by atoms with Crippen molar-refractivity contribution in [3.05, 3.63) is 33.8 Å². The second-order valence-electron chi connectivity index (χ2n) is 6.29. The van der Waals surface area contributed by atoms with Crippen molar-refractivity contribution in [2.24, 2.45) is 5.41 Å². The summed E-state index contributed by atoms with van der Waals surface area (Å²) in [6, 6.07) is 6.77. The third kappa shape index (κ3) is 3.04. The minimum absolute atomic E-state index is 0.618. The SMILES string of the molecule is Cc1ccc(CN2CCC3(CCNCC3)C2)cc1Br. The van der Waals surface area contributed by atoms with Gasteiger partial charge in [0.1, 0.15) is 0 Å². The van der Waals surface area contributed by atoms with E-state index >= 15 is 0 Å². The van der Waals surface area contributed by atoms with Crippen molar-refractivity contribution in [3.8, 4) is 0 Å². The Balaban J connectivity index is 1.63. The lowest BCUT2D eigenvalue weighted by molar-refractivity contribution is 0.194. The third-order valence-electron chi connectivity index (χ3n) is 4.82. The van der Waals surface area contributed by atoms with Gasteiger partial charge < -0.3 is 5.32 Å². The molecule has 0 atom stereocenters. The fourth-order valence-electron chi connectivity index (χ4n) is 3.52. The van der Waals surface area contributed by atoms with Crippen molar-refractivity contribution in [1.82, 2.24) is 10.2 Å². The van der Waals surface area contributed by atoms with E-state index in [1.54, 1.807) is 0 Å². The zero-order valence-corrected chi connectivity index (χ0v) is 13.3. The van der Waals surface area contributed by atoms with Crippen LogP contribution in [0.4, 0.5) is 0 Å². The molecule has 0 bridgehead atoms. The Hall–Kier alpha value is -0.380. The zero-order valence-electron chi connectivity index (χ0n) is 11.7. The summed E-state index contributed by atoms with van der Waals surface area (Å²) in [5.41, 5.74) is 3.37. The molecule has 2 fully saturated rings. The van der Waals surface area contributed by atoms with E-state index in [9.17, 15) is 0 Å². The van der Waals surface area contributed by atoms with Crippen molar-refractivity contribution in [2.75, 3.05) is 26.2 Å². The van der Waals surface area contributed by atoms with Crippen molar-refractivity contribution in [1.29, 1.82) is 0 Å². The van der Waals surface area contributed by atoms with Gasteiger partial charge in [-0.3, -0.25) is 4.90 Å². The van der Waals surface area contributed by atoms with E-state index < -0.39 is 0 Å². The highest BCUT2D eigenvalue weighted by atomic mass is 79.9. The highest BCUT2D eigenvalue weighted by Gasteiger charge is 2.38. The number of hydrogen-bond acceptors (Lipinski definition) is 2. The normalized spacial score (nSPS) is 23.1. The highest BCUT2D eigenvalue weighted by molar-refractivity contribution is 9.10. The predicted octanol–water partition coefficient (Wildman–Crippen LogP) is 3.33. The molecule has 1 aromatic carbocycles. The molecule has 0 saturated carbocycles. The van der Waals surface area contributed by atoms with Gasteiger partial charge in [0, 0.05) is 17.6 Å². The van der Waals surface area contributed by atoms with Crippen LogP contribution in [0.3, 0.4) is 0 Å². The van der Waals surface area contributed by atoms with Crippen molar-refractivity contribution < 1.29 is 0 Å². The topological polar surface area (TPSA) is 15.3 Å². The summed E-state index contributed by atoms with van der Waals surface area (Å²) >= 11 is 3.64. The second kappa shape index (κ2) is 5.55. The summed E-state index contributed by atoms with van der Waals surface area (Å²) in [6.07, 6.45) is 4.11. The number of halogens is 1. The number of piperidine rings is 1. The highest BCUT2D eigenvalue weighted by Crippen LogP contribution is 2.39. The lowest BCUT2D eigenvalue weighted by Crippen LogP contribution is -2.38. The van der Waals surface area contributed by atoms with Crippen LogP contribution in [-0.2, 0) is 6.54 Å². The summed E-state index contributed by atoms with van der Waals surface area (Å²) < 4.78 is 1.24. The van der Waals surface area contributed by atoms with Crippen LogP contribution in [0, 0.1) is 12.3 Å². The molecule has 1 aromatic rings. The minimum Gasteiger partial charge on any atom is -0.317 e. The average molecular weight is 323 g/mol. The van der Waals surface area contributed by atoms with E-state index in [4.69, 9.17) is 0 Å². The standard InChI is InChI=1S/C16H23BrN2/c1-13-2-3-14(10-15(13)17)11-19-9-6-16(12-19)4-7-18-8-5-16/h2-3,10,18H,4-9,11-12H2,1H3. The second-order valence-corrected chi connectivity index (χ2v) is 7.15. The van der Waals surface area contributed by atoms with E-state index in [1.165, 1.54) is 61.0 Å². The molecule has 0 aromatic heterocycles. The largest absolute Gasteiger partial charge is 0.317 e. The minimum atomic E-state index is 0.618. The van der Waals surface area contributed by atoms with E-state index in [-0.39, 0.29) is 0 Å². The van der Waals surface area contributed by atoms with Crippen LogP contribution < -0.4 is 5.32 Å². The maximum Gasteiger partial charge on any atom is 0.0234 e. The van der Waals surface area contributed by atoms with Crippen LogP contribution in [0.2, 0.25) is 0 Å². The quantitative estimate of drug-likeness (QED) is 0.898. The monoisotopic (exact) mass is 322 g/mol. The molecule has 2 heterocycles. The van der Waals surface area contributed by atoms with E-state index in [0.717, 1.165) is 6.54 Å². The number of hydrogen-bond donors (Lipinski definition) is 1. The first-order valence-electron chi connectivity index (χ1n) is 7.35. The summed E-state index contributed by atoms with van der Waals surface area (Å²) in [5.74, 6) is 0. The summed E-state index contributed by atoms with van der Waals surface area (Å²) in [7, 11) is 0. The molecule has 2 saturated heterocycles. The predicted molar refractivity (Wildman–Crippen MR) is 83.3 cm³/mol. The molecule has 1 N–H and O–H groups in total. The van der Waals surface area contributed by atoms with Gasteiger partial charge in [-0.15, -0.1) is 0 Å². The van der Waals surface area contributed by atoms with Gasteiger partial charge >= 0.3 is 0 Å². The number of aryl methyl sites for hydroxylation is 1. The molecule has 2 aliphatic rings. The fourth-order valence-corrected chi connectivity index (χ4v) is 3.95. The molecule has 19 heavy (non-hydrogen) atoms. The molecule has 2 nitrogen and oxygen atoms in total. The van der Waals surface area contributed by atoms with Crippen molar-refractivity contribution in [2.45, 2.75) is 32.7 Å². The molecule has 1 spiro atoms. The lowest BCUT2D eigenvalue weighted by Gasteiger charge is -2.34. The van der Waals surface area contributed by atoms with Crippen LogP contribution in [0.25, 0.3) is 0 Å². The third-order valence-corrected chi connectivity index (χ3v) is 5.68. The Kier molecular flexibility index (Phi) is 3.97. The molecule has 3 heteroatoms. The van der Waals surface area contributed by atoms with Gasteiger partial charge in [0.25, 0.3) is 0 Å². The van der Waals surface area contributed by atoms with Crippen LogP contribution >= 0.6 is 15.9 Å². The van der Waals surface area contributed by atoms with Gasteiger partial charge in [-0.05, 0) is 68.4 Å². The number of nitrogens with zero attached hydrogens (tertiary/aromatic N) is 1. The van der Waals surface area contributed by atoms with Crippen LogP contribution in [0.1, 0.15) is 30.4 Å². The van der Waals surface area contributed by atoms with Crippen molar-refractivity contribution in [3.63, 3.8) is 0 Å². The van der Waals surface area contributed by atoms with E-state index in [2.05, 4.69) is 51.3 Å². The fraction of sp³-hybridized carbons (Fsp3) is 0.625. The molecule has 3 rings (SSSR count). The maximum absolute atomic E-state index is 3.64. The first-order valence-corrected chi connectivity index (χ1v) is 8.14. The Bertz CT molecular complexity index is 452. The lowest BCUT2D eigenvalue weighted by atomic mass is 9.78. The van der Waals surface area contributed by atoms with E-state index in [1.807, 2.05) is 0 Å². The van der Waals surface area contributed by atoms with Gasteiger partial charge in [0.2, 0.25) is 0 Å². The van der Waals surface area contributed by atoms with E-state index in [0.29, 0.717) is 5.41 Å². The molecular weight excluding hydrogens is 300 g/mol. The van der Waals surface area contributed by atoms with Crippen LogP contribution in [0.15, 0.2) is 22.7 Å². The van der Waals surface area contributed by atoms with Crippen LogP contribution in [0.5, 0.6) is 0 Å². The summed E-state index contributed by atoms with van der Waals surface area (Å²) in [6.45, 7) is 8.24. The Morgan fingerprint density at radius 2 is 2.05 bits per heavy atom. The first-order chi connectivity index (χ1) is 9.17. The number of benzene rings is 1. The van der Waals surface area contributed by atoms with Crippen LogP contribution in [-0.4, -0.2) is 31.1 Å². The Labute approximate surface area is 124 Å². The zero-order chi connectivity index (χ0) is 13.3. The number of likely N-dealkylation sites (tertiary alicyclic amines) is 1. The molecule has 0 unspecified atom stereocenters. The Morgan fingerprint density at radius 1 is 1.26 bits per heavy atom.